The Kier molecular flexibility index (Phi) is 7.71. The van der Waals surface area contributed by atoms with E-state index in [-0.39, 0.29) is 11.5 Å². The lowest BCUT2D eigenvalue weighted by molar-refractivity contribution is 0.0526. The summed E-state index contributed by atoms with van der Waals surface area (Å²) in [5.41, 5.74) is 1.72. The van der Waals surface area contributed by atoms with E-state index < -0.39 is 21.9 Å². The number of ether oxygens (including phenoxy) is 1. The van der Waals surface area contributed by atoms with Crippen molar-refractivity contribution in [1.82, 2.24) is 9.21 Å². The number of hydrogen-bond acceptors (Lipinski definition) is 7. The second kappa shape index (κ2) is 10.6. The van der Waals surface area contributed by atoms with Crippen molar-refractivity contribution in [3.8, 4) is 0 Å². The number of nitrogens with one attached hydrogen (secondary N) is 1. The predicted octanol–water partition coefficient (Wildman–Crippen LogP) is 3.73. The zero-order valence-corrected chi connectivity index (χ0v) is 21.3. The second-order valence-corrected chi connectivity index (χ2v) is 11.5. The van der Waals surface area contributed by atoms with Crippen LogP contribution in [0.1, 0.15) is 64.3 Å². The number of anilines is 1. The van der Waals surface area contributed by atoms with Crippen molar-refractivity contribution in [1.29, 1.82) is 0 Å². The van der Waals surface area contributed by atoms with Gasteiger partial charge >= 0.3 is 5.97 Å². The molecule has 2 aromatic rings. The zero-order chi connectivity index (χ0) is 24.3. The van der Waals surface area contributed by atoms with Crippen molar-refractivity contribution < 1.29 is 22.7 Å². The molecule has 0 bridgehead atoms. The Morgan fingerprint density at radius 1 is 1.06 bits per heavy atom. The van der Waals surface area contributed by atoms with Gasteiger partial charge in [-0.1, -0.05) is 13.3 Å². The standard InChI is InChI=1S/C24H31N3O5S2/c1-3-26-15-12-19-20(16-26)33-23(21(19)24(29)32-4-2)25-22(28)17-8-10-18(11-9-17)34(30,31)27-13-6-5-7-14-27/h8-11H,3-7,12-16H2,1-2H3,(H,25,28). The normalized spacial score (nSPS) is 17.2. The fraction of sp³-hybridized carbons (Fsp3) is 0.500. The number of sulfonamides is 1. The largest absolute Gasteiger partial charge is 0.462 e. The van der Waals surface area contributed by atoms with Crippen LogP contribution in [0.2, 0.25) is 0 Å². The van der Waals surface area contributed by atoms with Crippen LogP contribution in [0.25, 0.3) is 0 Å². The molecule has 3 heterocycles. The van der Waals surface area contributed by atoms with Crippen molar-refractivity contribution in [2.24, 2.45) is 0 Å². The first-order valence-corrected chi connectivity index (χ1v) is 14.1. The molecule has 0 saturated carbocycles. The Labute approximate surface area is 204 Å². The number of fused-ring (bicyclic) bond motifs is 1. The minimum Gasteiger partial charge on any atom is -0.462 e. The van der Waals surface area contributed by atoms with Crippen molar-refractivity contribution >= 4 is 38.2 Å². The van der Waals surface area contributed by atoms with E-state index in [1.807, 2.05) is 0 Å². The summed E-state index contributed by atoms with van der Waals surface area (Å²) in [5, 5.41) is 3.36. The quantitative estimate of drug-likeness (QED) is 0.576. The summed E-state index contributed by atoms with van der Waals surface area (Å²) in [6, 6.07) is 5.98. The van der Waals surface area contributed by atoms with Crippen LogP contribution in [0.5, 0.6) is 0 Å². The highest BCUT2D eigenvalue weighted by molar-refractivity contribution is 7.89. The van der Waals surface area contributed by atoms with E-state index >= 15 is 0 Å². The fourth-order valence-electron chi connectivity index (χ4n) is 4.44. The van der Waals surface area contributed by atoms with Gasteiger partial charge in [0.25, 0.3) is 5.91 Å². The van der Waals surface area contributed by atoms with Gasteiger partial charge in [-0.3, -0.25) is 9.69 Å². The van der Waals surface area contributed by atoms with Crippen LogP contribution in [0.4, 0.5) is 5.00 Å². The van der Waals surface area contributed by atoms with Crippen LogP contribution in [0, 0.1) is 0 Å². The van der Waals surface area contributed by atoms with Gasteiger partial charge in [-0.15, -0.1) is 11.3 Å². The molecule has 10 heteroatoms. The monoisotopic (exact) mass is 505 g/mol. The van der Waals surface area contributed by atoms with Gasteiger partial charge in [0.05, 0.1) is 17.1 Å². The van der Waals surface area contributed by atoms with Crippen LogP contribution >= 0.6 is 11.3 Å². The Morgan fingerprint density at radius 3 is 2.41 bits per heavy atom. The molecule has 34 heavy (non-hydrogen) atoms. The Hall–Kier alpha value is -2.27. The van der Waals surface area contributed by atoms with Gasteiger partial charge in [0.1, 0.15) is 5.00 Å². The summed E-state index contributed by atoms with van der Waals surface area (Å²) in [6.07, 6.45) is 3.50. The summed E-state index contributed by atoms with van der Waals surface area (Å²) in [5.74, 6) is -0.818. The maximum Gasteiger partial charge on any atom is 0.341 e. The number of rotatable bonds is 7. The molecule has 4 rings (SSSR count). The second-order valence-electron chi connectivity index (χ2n) is 8.49. The van der Waals surface area contributed by atoms with Crippen molar-refractivity contribution in [3.05, 3.63) is 45.8 Å². The first-order valence-electron chi connectivity index (χ1n) is 11.8. The van der Waals surface area contributed by atoms with E-state index in [0.29, 0.717) is 29.2 Å². The van der Waals surface area contributed by atoms with Crippen LogP contribution in [0.15, 0.2) is 29.2 Å². The van der Waals surface area contributed by atoms with Gasteiger partial charge in [-0.25, -0.2) is 13.2 Å². The Balaban J connectivity index is 1.55. The molecule has 2 aliphatic heterocycles. The van der Waals surface area contributed by atoms with Crippen LogP contribution in [0.3, 0.4) is 0 Å². The number of amides is 1. The van der Waals surface area contributed by atoms with E-state index in [4.69, 9.17) is 4.74 Å². The fourth-order valence-corrected chi connectivity index (χ4v) is 7.23. The van der Waals surface area contributed by atoms with Gasteiger partial charge in [0, 0.05) is 36.6 Å². The maximum atomic E-state index is 13.0. The molecule has 0 radical (unpaired) electrons. The van der Waals surface area contributed by atoms with Crippen LogP contribution < -0.4 is 5.32 Å². The molecule has 8 nitrogen and oxygen atoms in total. The van der Waals surface area contributed by atoms with Gasteiger partial charge in [-0.2, -0.15) is 4.31 Å². The first-order chi connectivity index (χ1) is 16.3. The zero-order valence-electron chi connectivity index (χ0n) is 19.6. The van der Waals surface area contributed by atoms with E-state index in [1.54, 1.807) is 6.92 Å². The molecule has 1 amide bonds. The Bertz CT molecular complexity index is 1150. The number of piperidine rings is 1. The van der Waals surface area contributed by atoms with Crippen LogP contribution in [-0.4, -0.2) is 62.3 Å². The van der Waals surface area contributed by atoms with Gasteiger partial charge in [-0.05, 0) is 62.6 Å². The molecule has 1 aromatic heterocycles. The lowest BCUT2D eigenvalue weighted by atomic mass is 10.0. The molecular formula is C24H31N3O5S2. The number of hydrogen-bond donors (Lipinski definition) is 1. The minimum atomic E-state index is -3.56. The Morgan fingerprint density at radius 2 is 1.76 bits per heavy atom. The van der Waals surface area contributed by atoms with Crippen molar-refractivity contribution in [2.45, 2.75) is 51.0 Å². The highest BCUT2D eigenvalue weighted by atomic mass is 32.2. The predicted molar refractivity (Wildman–Crippen MR) is 132 cm³/mol. The van der Waals surface area contributed by atoms with Crippen molar-refractivity contribution in [2.75, 3.05) is 38.1 Å². The number of carbonyl (C=O) groups excluding carboxylic acids is 2. The molecule has 184 valence electrons. The van der Waals surface area contributed by atoms with E-state index in [2.05, 4.69) is 17.1 Å². The molecule has 1 N–H and O–H groups in total. The number of carbonyl (C=O) groups is 2. The molecule has 0 aliphatic carbocycles. The highest BCUT2D eigenvalue weighted by Gasteiger charge is 2.30. The molecule has 1 saturated heterocycles. The lowest BCUT2D eigenvalue weighted by Crippen LogP contribution is -2.35. The van der Waals surface area contributed by atoms with Gasteiger partial charge in [0.15, 0.2) is 0 Å². The molecular weight excluding hydrogens is 474 g/mol. The number of benzene rings is 1. The van der Waals surface area contributed by atoms with E-state index in [1.165, 1.54) is 39.9 Å². The van der Waals surface area contributed by atoms with Gasteiger partial charge < -0.3 is 10.1 Å². The molecule has 1 fully saturated rings. The summed E-state index contributed by atoms with van der Waals surface area (Å²) in [7, 11) is -3.56. The molecule has 2 aliphatic rings. The SMILES string of the molecule is CCOC(=O)c1c(NC(=O)c2ccc(S(=O)(=O)N3CCCCC3)cc2)sc2c1CCN(CC)C2. The molecule has 1 aromatic carbocycles. The van der Waals surface area contributed by atoms with E-state index in [9.17, 15) is 18.0 Å². The molecule has 0 atom stereocenters. The molecule has 0 spiro atoms. The smallest absolute Gasteiger partial charge is 0.341 e. The third kappa shape index (κ3) is 5.05. The van der Waals surface area contributed by atoms with Crippen LogP contribution in [-0.2, 0) is 27.7 Å². The lowest BCUT2D eigenvalue weighted by Gasteiger charge is -2.25. The first kappa shape index (κ1) is 24.8. The molecule has 0 unspecified atom stereocenters. The van der Waals surface area contributed by atoms with Gasteiger partial charge in [0.2, 0.25) is 10.0 Å². The maximum absolute atomic E-state index is 13.0. The summed E-state index contributed by atoms with van der Waals surface area (Å²) in [4.78, 5) is 29.3. The topological polar surface area (TPSA) is 96.0 Å². The van der Waals surface area contributed by atoms with E-state index in [0.717, 1.165) is 55.8 Å². The summed E-state index contributed by atoms with van der Waals surface area (Å²) >= 11 is 1.41. The number of nitrogens with zero attached hydrogens (tertiary/aromatic N) is 2. The number of esters is 1. The summed E-state index contributed by atoms with van der Waals surface area (Å²) < 4.78 is 32.5. The highest BCUT2D eigenvalue weighted by Crippen LogP contribution is 2.38. The third-order valence-corrected chi connectivity index (χ3v) is 9.40. The van der Waals surface area contributed by atoms with Crippen molar-refractivity contribution in [3.63, 3.8) is 0 Å². The minimum absolute atomic E-state index is 0.185. The number of thiophene rings is 1. The summed E-state index contributed by atoms with van der Waals surface area (Å²) in [6.45, 7) is 7.68. The average molecular weight is 506 g/mol. The number of likely N-dealkylation sites (N-methyl/N-ethyl adjacent to an activating group) is 1. The average Bonchev–Trinajstić information content (AvgIpc) is 3.21. The third-order valence-electron chi connectivity index (χ3n) is 6.36.